The van der Waals surface area contributed by atoms with E-state index in [0.29, 0.717) is 17.0 Å². The van der Waals surface area contributed by atoms with E-state index in [1.54, 1.807) is 18.2 Å². The van der Waals surface area contributed by atoms with E-state index in [4.69, 9.17) is 4.52 Å². The number of carbonyl (C=O) groups excluding carboxylic acids is 2. The van der Waals surface area contributed by atoms with Crippen LogP contribution in [0, 0.1) is 6.92 Å². The average Bonchev–Trinajstić information content (AvgIpc) is 3.02. The van der Waals surface area contributed by atoms with Gasteiger partial charge in [0.15, 0.2) is 5.76 Å². The SMILES string of the molecule is CCc1cc(CNC(=O)Nc2ccc(C(=O)NC(C)C)cc2C)on1. The Labute approximate surface area is 147 Å². The molecular formula is C18H24N4O3. The summed E-state index contributed by atoms with van der Waals surface area (Å²) in [4.78, 5) is 24.0. The molecule has 0 aliphatic heterocycles. The number of benzene rings is 1. The number of nitrogens with one attached hydrogen (secondary N) is 3. The molecule has 0 saturated heterocycles. The smallest absolute Gasteiger partial charge is 0.319 e. The molecule has 2 rings (SSSR count). The number of hydrogen-bond acceptors (Lipinski definition) is 4. The molecule has 0 aliphatic carbocycles. The van der Waals surface area contributed by atoms with Gasteiger partial charge in [0.2, 0.25) is 0 Å². The normalized spacial score (nSPS) is 10.6. The van der Waals surface area contributed by atoms with Crippen LogP contribution >= 0.6 is 0 Å². The summed E-state index contributed by atoms with van der Waals surface area (Å²) in [5.74, 6) is 0.468. The molecule has 0 aliphatic rings. The van der Waals surface area contributed by atoms with E-state index >= 15 is 0 Å². The van der Waals surface area contributed by atoms with Crippen LogP contribution in [0.25, 0.3) is 0 Å². The highest BCUT2D eigenvalue weighted by Crippen LogP contribution is 2.16. The molecule has 1 heterocycles. The lowest BCUT2D eigenvalue weighted by Gasteiger charge is -2.12. The Morgan fingerprint density at radius 1 is 1.24 bits per heavy atom. The van der Waals surface area contributed by atoms with Crippen LogP contribution in [0.3, 0.4) is 0 Å². The van der Waals surface area contributed by atoms with Gasteiger partial charge in [0.05, 0.1) is 12.2 Å². The average molecular weight is 344 g/mol. The maximum absolute atomic E-state index is 12.0. The van der Waals surface area contributed by atoms with Crippen molar-refractivity contribution in [2.24, 2.45) is 0 Å². The molecule has 3 N–H and O–H groups in total. The van der Waals surface area contributed by atoms with E-state index in [9.17, 15) is 9.59 Å². The van der Waals surface area contributed by atoms with Crippen molar-refractivity contribution in [2.75, 3.05) is 5.32 Å². The highest BCUT2D eigenvalue weighted by Gasteiger charge is 2.11. The van der Waals surface area contributed by atoms with E-state index in [1.807, 2.05) is 33.8 Å². The fourth-order valence-electron chi connectivity index (χ4n) is 2.23. The van der Waals surface area contributed by atoms with Gasteiger partial charge in [-0.05, 0) is 51.0 Å². The van der Waals surface area contributed by atoms with Crippen molar-refractivity contribution in [1.29, 1.82) is 0 Å². The van der Waals surface area contributed by atoms with Gasteiger partial charge < -0.3 is 20.5 Å². The van der Waals surface area contributed by atoms with Crippen molar-refractivity contribution in [3.05, 3.63) is 46.8 Å². The number of anilines is 1. The molecule has 2 aromatic rings. The van der Waals surface area contributed by atoms with Gasteiger partial charge in [-0.15, -0.1) is 0 Å². The number of rotatable bonds is 6. The molecule has 1 aromatic carbocycles. The molecule has 0 radical (unpaired) electrons. The van der Waals surface area contributed by atoms with Gasteiger partial charge >= 0.3 is 6.03 Å². The van der Waals surface area contributed by atoms with Crippen LogP contribution in [0.4, 0.5) is 10.5 Å². The van der Waals surface area contributed by atoms with Crippen molar-refractivity contribution < 1.29 is 14.1 Å². The number of amides is 3. The third-order valence-corrected chi connectivity index (χ3v) is 3.55. The summed E-state index contributed by atoms with van der Waals surface area (Å²) < 4.78 is 5.12. The molecule has 7 nitrogen and oxygen atoms in total. The molecule has 3 amide bonds. The lowest BCUT2D eigenvalue weighted by atomic mass is 10.1. The molecule has 7 heteroatoms. The van der Waals surface area contributed by atoms with Gasteiger partial charge in [0.1, 0.15) is 0 Å². The monoisotopic (exact) mass is 344 g/mol. The molecule has 0 atom stereocenters. The summed E-state index contributed by atoms with van der Waals surface area (Å²) in [6, 6.07) is 6.68. The number of urea groups is 1. The van der Waals surface area contributed by atoms with E-state index in [-0.39, 0.29) is 24.5 Å². The Hall–Kier alpha value is -2.83. The Bertz CT molecular complexity index is 753. The van der Waals surface area contributed by atoms with Crippen LogP contribution in [-0.2, 0) is 13.0 Å². The lowest BCUT2D eigenvalue weighted by Crippen LogP contribution is -2.30. The standard InChI is InChI=1S/C18H24N4O3/c1-5-14-9-15(25-22-14)10-19-18(24)21-16-7-6-13(8-12(16)4)17(23)20-11(2)3/h6-9,11H,5,10H2,1-4H3,(H,20,23)(H2,19,21,24). The molecular weight excluding hydrogens is 320 g/mol. The zero-order valence-electron chi connectivity index (χ0n) is 15.0. The van der Waals surface area contributed by atoms with Crippen molar-refractivity contribution in [2.45, 2.75) is 46.7 Å². The van der Waals surface area contributed by atoms with Gasteiger partial charge in [-0.25, -0.2) is 4.79 Å². The van der Waals surface area contributed by atoms with Crippen LogP contribution in [0.1, 0.15) is 48.1 Å². The fourth-order valence-corrected chi connectivity index (χ4v) is 2.23. The first-order chi connectivity index (χ1) is 11.9. The summed E-state index contributed by atoms with van der Waals surface area (Å²) in [5.41, 5.74) is 2.86. The zero-order valence-corrected chi connectivity index (χ0v) is 15.0. The van der Waals surface area contributed by atoms with E-state index < -0.39 is 0 Å². The van der Waals surface area contributed by atoms with Crippen molar-refractivity contribution in [3.8, 4) is 0 Å². The largest absolute Gasteiger partial charge is 0.359 e. The van der Waals surface area contributed by atoms with Crippen LogP contribution < -0.4 is 16.0 Å². The van der Waals surface area contributed by atoms with E-state index in [1.165, 1.54) is 0 Å². The van der Waals surface area contributed by atoms with Crippen molar-refractivity contribution in [3.63, 3.8) is 0 Å². The quantitative estimate of drug-likeness (QED) is 0.750. The predicted octanol–water partition coefficient (Wildman–Crippen LogP) is 3.01. The molecule has 0 unspecified atom stereocenters. The van der Waals surface area contributed by atoms with Crippen molar-refractivity contribution in [1.82, 2.24) is 15.8 Å². The first kappa shape index (κ1) is 18.5. The highest BCUT2D eigenvalue weighted by molar-refractivity contribution is 5.96. The second-order valence-electron chi connectivity index (χ2n) is 6.10. The molecule has 0 spiro atoms. The second-order valence-corrected chi connectivity index (χ2v) is 6.10. The van der Waals surface area contributed by atoms with E-state index in [0.717, 1.165) is 17.7 Å². The topological polar surface area (TPSA) is 96.3 Å². The van der Waals surface area contributed by atoms with Gasteiger partial charge in [0, 0.05) is 23.4 Å². The van der Waals surface area contributed by atoms with Crippen LogP contribution in [0.15, 0.2) is 28.8 Å². The minimum absolute atomic E-state index is 0.0701. The Morgan fingerprint density at radius 2 is 2.00 bits per heavy atom. The van der Waals surface area contributed by atoms with Gasteiger partial charge in [-0.2, -0.15) is 0 Å². The zero-order chi connectivity index (χ0) is 18.4. The van der Waals surface area contributed by atoms with Crippen LogP contribution in [0.5, 0.6) is 0 Å². The number of aromatic nitrogens is 1. The molecule has 25 heavy (non-hydrogen) atoms. The highest BCUT2D eigenvalue weighted by atomic mass is 16.5. The lowest BCUT2D eigenvalue weighted by molar-refractivity contribution is 0.0943. The Balaban J connectivity index is 1.92. The molecule has 1 aromatic heterocycles. The number of carbonyl (C=O) groups is 2. The first-order valence-corrected chi connectivity index (χ1v) is 8.30. The number of hydrogen-bond donors (Lipinski definition) is 3. The van der Waals surface area contributed by atoms with Crippen LogP contribution in [-0.4, -0.2) is 23.1 Å². The van der Waals surface area contributed by atoms with Gasteiger partial charge in [0.25, 0.3) is 5.91 Å². The molecule has 134 valence electrons. The first-order valence-electron chi connectivity index (χ1n) is 8.30. The Morgan fingerprint density at radius 3 is 2.60 bits per heavy atom. The molecule has 0 fully saturated rings. The fraction of sp³-hybridized carbons (Fsp3) is 0.389. The summed E-state index contributed by atoms with van der Waals surface area (Å²) in [5, 5.41) is 12.2. The number of aryl methyl sites for hydroxylation is 2. The van der Waals surface area contributed by atoms with Gasteiger partial charge in [-0.3, -0.25) is 4.79 Å². The third kappa shape index (κ3) is 5.34. The summed E-state index contributed by atoms with van der Waals surface area (Å²) in [6.07, 6.45) is 0.783. The minimum Gasteiger partial charge on any atom is -0.359 e. The van der Waals surface area contributed by atoms with E-state index in [2.05, 4.69) is 21.1 Å². The van der Waals surface area contributed by atoms with Crippen molar-refractivity contribution >= 4 is 17.6 Å². The molecule has 0 saturated carbocycles. The predicted molar refractivity (Wildman–Crippen MR) is 95.5 cm³/mol. The minimum atomic E-state index is -0.350. The van der Waals surface area contributed by atoms with Crippen LogP contribution in [0.2, 0.25) is 0 Å². The maximum atomic E-state index is 12.0. The number of nitrogens with zero attached hydrogens (tertiary/aromatic N) is 1. The Kier molecular flexibility index (Phi) is 6.16. The maximum Gasteiger partial charge on any atom is 0.319 e. The molecule has 0 bridgehead atoms. The van der Waals surface area contributed by atoms with Gasteiger partial charge in [-0.1, -0.05) is 12.1 Å². The summed E-state index contributed by atoms with van der Waals surface area (Å²) in [6.45, 7) is 7.89. The second kappa shape index (κ2) is 8.32. The third-order valence-electron chi connectivity index (χ3n) is 3.55. The summed E-state index contributed by atoms with van der Waals surface area (Å²) >= 11 is 0. The summed E-state index contributed by atoms with van der Waals surface area (Å²) in [7, 11) is 0.